The third-order valence-electron chi connectivity index (χ3n) is 3.95. The standard InChI is InChI=1S/C14H13N5O2S/c20-19(21)13-8-15-14(22-13)17-6-5-11(9-17)18-12-4-2-1-3-10(12)7-16-18/h1-4,7-8,11H,5-6,9H2/t11-/m1/s1. The SMILES string of the molecule is O=[N+]([O-])c1cnc(N2CC[C@@H](n3ncc4ccccc43)C2)s1. The van der Waals surface area contributed by atoms with Crippen LogP contribution in [0.3, 0.4) is 0 Å². The molecular weight excluding hydrogens is 302 g/mol. The third kappa shape index (κ3) is 2.12. The highest BCUT2D eigenvalue weighted by Crippen LogP contribution is 2.33. The summed E-state index contributed by atoms with van der Waals surface area (Å²) in [6, 6.07) is 8.40. The van der Waals surface area contributed by atoms with Crippen LogP contribution in [0.2, 0.25) is 0 Å². The number of aromatic nitrogens is 3. The van der Waals surface area contributed by atoms with E-state index in [1.807, 2.05) is 18.3 Å². The molecule has 0 radical (unpaired) electrons. The van der Waals surface area contributed by atoms with Crippen molar-refractivity contribution in [2.75, 3.05) is 18.0 Å². The van der Waals surface area contributed by atoms with Gasteiger partial charge in [-0.2, -0.15) is 5.10 Å². The summed E-state index contributed by atoms with van der Waals surface area (Å²) in [7, 11) is 0. The average Bonchev–Trinajstić information content (AvgIpc) is 3.25. The first kappa shape index (κ1) is 13.2. The Kier molecular flexibility index (Phi) is 3.04. The summed E-state index contributed by atoms with van der Waals surface area (Å²) >= 11 is 1.13. The van der Waals surface area contributed by atoms with Crippen molar-refractivity contribution in [3.8, 4) is 0 Å². The van der Waals surface area contributed by atoms with Crippen LogP contribution in [-0.2, 0) is 0 Å². The summed E-state index contributed by atoms with van der Waals surface area (Å²) in [6.07, 6.45) is 4.17. The molecule has 0 bridgehead atoms. The van der Waals surface area contributed by atoms with E-state index >= 15 is 0 Å². The molecule has 0 spiro atoms. The quantitative estimate of drug-likeness (QED) is 0.548. The Morgan fingerprint density at radius 2 is 2.18 bits per heavy atom. The van der Waals surface area contributed by atoms with E-state index in [0.29, 0.717) is 5.13 Å². The molecule has 0 amide bonds. The molecular formula is C14H13N5O2S. The third-order valence-corrected chi connectivity index (χ3v) is 4.96. The first-order valence-electron chi connectivity index (χ1n) is 7.00. The summed E-state index contributed by atoms with van der Waals surface area (Å²) in [5.41, 5.74) is 1.12. The zero-order valence-electron chi connectivity index (χ0n) is 11.6. The van der Waals surface area contributed by atoms with Crippen LogP contribution in [0, 0.1) is 10.1 Å². The average molecular weight is 315 g/mol. The van der Waals surface area contributed by atoms with Crippen molar-refractivity contribution in [2.24, 2.45) is 0 Å². The summed E-state index contributed by atoms with van der Waals surface area (Å²) in [5, 5.41) is 17.2. The molecule has 1 aliphatic rings. The van der Waals surface area contributed by atoms with E-state index in [0.717, 1.165) is 41.8 Å². The van der Waals surface area contributed by atoms with Crippen molar-refractivity contribution >= 4 is 32.4 Å². The van der Waals surface area contributed by atoms with Gasteiger partial charge in [0.25, 0.3) is 0 Å². The Labute approximate surface area is 130 Å². The molecule has 7 nitrogen and oxygen atoms in total. The fourth-order valence-corrected chi connectivity index (χ4v) is 3.65. The van der Waals surface area contributed by atoms with Gasteiger partial charge in [0.1, 0.15) is 6.20 Å². The lowest BCUT2D eigenvalue weighted by Crippen LogP contribution is -2.20. The van der Waals surface area contributed by atoms with E-state index < -0.39 is 4.92 Å². The summed E-state index contributed by atoms with van der Waals surface area (Å²) in [5.74, 6) is 0. The monoisotopic (exact) mass is 315 g/mol. The van der Waals surface area contributed by atoms with Gasteiger partial charge in [-0.05, 0) is 23.8 Å². The Morgan fingerprint density at radius 1 is 1.32 bits per heavy atom. The van der Waals surface area contributed by atoms with Crippen LogP contribution in [0.15, 0.2) is 36.7 Å². The van der Waals surface area contributed by atoms with E-state index in [4.69, 9.17) is 0 Å². The Bertz CT molecular complexity index is 843. The molecule has 1 fully saturated rings. The van der Waals surface area contributed by atoms with Crippen molar-refractivity contribution in [1.82, 2.24) is 14.8 Å². The molecule has 0 N–H and O–H groups in total. The molecule has 4 rings (SSSR count). The lowest BCUT2D eigenvalue weighted by molar-refractivity contribution is -0.380. The normalized spacial score (nSPS) is 18.2. The number of rotatable bonds is 3. The van der Waals surface area contributed by atoms with Crippen molar-refractivity contribution in [3.05, 3.63) is 46.8 Å². The van der Waals surface area contributed by atoms with Crippen LogP contribution < -0.4 is 4.90 Å². The maximum Gasteiger partial charge on any atom is 0.345 e. The van der Waals surface area contributed by atoms with Crippen molar-refractivity contribution in [1.29, 1.82) is 0 Å². The lowest BCUT2D eigenvalue weighted by Gasteiger charge is -2.15. The van der Waals surface area contributed by atoms with Crippen LogP contribution >= 0.6 is 11.3 Å². The van der Waals surface area contributed by atoms with Gasteiger partial charge in [0.05, 0.1) is 22.7 Å². The topological polar surface area (TPSA) is 77.1 Å². The van der Waals surface area contributed by atoms with Crippen LogP contribution in [0.5, 0.6) is 0 Å². The first-order chi connectivity index (χ1) is 10.7. The van der Waals surface area contributed by atoms with E-state index in [1.165, 1.54) is 6.20 Å². The van der Waals surface area contributed by atoms with Gasteiger partial charge in [-0.25, -0.2) is 4.98 Å². The molecule has 3 aromatic rings. The molecule has 1 atom stereocenters. The number of hydrogen-bond acceptors (Lipinski definition) is 6. The molecule has 22 heavy (non-hydrogen) atoms. The van der Waals surface area contributed by atoms with Crippen molar-refractivity contribution in [2.45, 2.75) is 12.5 Å². The second kappa shape index (κ2) is 5.06. The summed E-state index contributed by atoms with van der Waals surface area (Å²) in [4.78, 5) is 16.6. The Morgan fingerprint density at radius 3 is 3.00 bits per heavy atom. The molecule has 8 heteroatoms. The van der Waals surface area contributed by atoms with E-state index in [9.17, 15) is 10.1 Å². The fourth-order valence-electron chi connectivity index (χ4n) is 2.89. The maximum atomic E-state index is 10.8. The number of hydrogen-bond donors (Lipinski definition) is 0. The van der Waals surface area contributed by atoms with Crippen molar-refractivity contribution in [3.63, 3.8) is 0 Å². The van der Waals surface area contributed by atoms with Gasteiger partial charge in [-0.3, -0.25) is 14.8 Å². The number of benzene rings is 1. The molecule has 1 aliphatic heterocycles. The second-order valence-corrected chi connectivity index (χ2v) is 6.26. The van der Waals surface area contributed by atoms with E-state index in [1.54, 1.807) is 0 Å². The molecule has 1 saturated heterocycles. The number of thiazole rings is 1. The smallest absolute Gasteiger partial charge is 0.345 e. The van der Waals surface area contributed by atoms with Crippen molar-refractivity contribution < 1.29 is 4.92 Å². The van der Waals surface area contributed by atoms with Gasteiger partial charge in [0, 0.05) is 18.5 Å². The fraction of sp³-hybridized carbons (Fsp3) is 0.286. The second-order valence-electron chi connectivity index (χ2n) is 5.27. The molecule has 0 unspecified atom stereocenters. The number of para-hydroxylation sites is 1. The Balaban J connectivity index is 1.58. The van der Waals surface area contributed by atoms with Crippen LogP contribution in [-0.4, -0.2) is 32.8 Å². The molecule has 3 heterocycles. The zero-order chi connectivity index (χ0) is 15.1. The van der Waals surface area contributed by atoms with Gasteiger partial charge in [-0.15, -0.1) is 0 Å². The first-order valence-corrected chi connectivity index (χ1v) is 7.81. The number of nitro groups is 1. The van der Waals surface area contributed by atoms with E-state index in [-0.39, 0.29) is 11.0 Å². The molecule has 0 saturated carbocycles. The summed E-state index contributed by atoms with van der Waals surface area (Å²) in [6.45, 7) is 1.61. The highest BCUT2D eigenvalue weighted by atomic mass is 32.1. The predicted octanol–water partition coefficient (Wildman–Crippen LogP) is 2.85. The maximum absolute atomic E-state index is 10.8. The highest BCUT2D eigenvalue weighted by molar-refractivity contribution is 7.18. The number of nitrogens with zero attached hydrogens (tertiary/aromatic N) is 5. The van der Waals surface area contributed by atoms with Gasteiger partial charge in [0.2, 0.25) is 0 Å². The molecule has 2 aromatic heterocycles. The van der Waals surface area contributed by atoms with Gasteiger partial charge < -0.3 is 4.90 Å². The molecule has 0 aliphatic carbocycles. The molecule has 112 valence electrons. The zero-order valence-corrected chi connectivity index (χ0v) is 12.4. The van der Waals surface area contributed by atoms with Gasteiger partial charge in [0.15, 0.2) is 5.13 Å². The van der Waals surface area contributed by atoms with Crippen LogP contribution in [0.25, 0.3) is 10.9 Å². The van der Waals surface area contributed by atoms with Crippen LogP contribution in [0.1, 0.15) is 12.5 Å². The summed E-state index contributed by atoms with van der Waals surface area (Å²) < 4.78 is 2.05. The predicted molar refractivity (Wildman–Crippen MR) is 84.4 cm³/mol. The number of fused-ring (bicyclic) bond motifs is 1. The minimum absolute atomic E-state index is 0.0861. The lowest BCUT2D eigenvalue weighted by atomic mass is 10.2. The largest absolute Gasteiger partial charge is 0.346 e. The van der Waals surface area contributed by atoms with Gasteiger partial charge in [-0.1, -0.05) is 18.2 Å². The number of anilines is 1. The minimum Gasteiger partial charge on any atom is -0.346 e. The Hall–Kier alpha value is -2.48. The van der Waals surface area contributed by atoms with Gasteiger partial charge >= 0.3 is 5.00 Å². The minimum atomic E-state index is -0.393. The van der Waals surface area contributed by atoms with E-state index in [2.05, 4.69) is 31.8 Å². The highest BCUT2D eigenvalue weighted by Gasteiger charge is 2.28. The van der Waals surface area contributed by atoms with Crippen LogP contribution in [0.4, 0.5) is 10.1 Å². The molecule has 1 aromatic carbocycles.